The minimum absolute atomic E-state index is 0.0237. The number of benzene rings is 2. The molecule has 3 aromatic rings. The maximum Gasteiger partial charge on any atom is 0.247 e. The molecule has 0 N–H and O–H groups in total. The molecule has 1 amide bonds. The van der Waals surface area contributed by atoms with Gasteiger partial charge in [0.1, 0.15) is 0 Å². The molecule has 0 spiro atoms. The second kappa shape index (κ2) is 10.3. The molecule has 1 aromatic heterocycles. The van der Waals surface area contributed by atoms with Crippen LogP contribution < -0.4 is 0 Å². The Bertz CT molecular complexity index is 991. The number of aromatic nitrogens is 1. The van der Waals surface area contributed by atoms with Crippen LogP contribution in [0.1, 0.15) is 37.6 Å². The average molecular weight is 421 g/mol. The maximum absolute atomic E-state index is 13.1. The SMILES string of the molecule is CC(C)[C@H](C)N(Cc1cccn1Cc1cccc(Cl)c1)C(=O)/C=C/c1ccccc1. The number of hydrogen-bond donors (Lipinski definition) is 0. The van der Waals surface area contributed by atoms with E-state index >= 15 is 0 Å². The Balaban J connectivity index is 1.80. The summed E-state index contributed by atoms with van der Waals surface area (Å²) < 4.78 is 2.18. The van der Waals surface area contributed by atoms with Gasteiger partial charge in [-0.05, 0) is 54.3 Å². The van der Waals surface area contributed by atoms with E-state index in [-0.39, 0.29) is 11.9 Å². The summed E-state index contributed by atoms with van der Waals surface area (Å²) in [7, 11) is 0. The van der Waals surface area contributed by atoms with Crippen LogP contribution in [0.5, 0.6) is 0 Å². The molecular formula is C26H29ClN2O. The molecule has 1 heterocycles. The van der Waals surface area contributed by atoms with Crippen molar-refractivity contribution in [3.63, 3.8) is 0 Å². The van der Waals surface area contributed by atoms with E-state index < -0.39 is 0 Å². The molecule has 3 nitrogen and oxygen atoms in total. The van der Waals surface area contributed by atoms with E-state index in [9.17, 15) is 4.79 Å². The summed E-state index contributed by atoms with van der Waals surface area (Å²) in [6.45, 7) is 7.70. The van der Waals surface area contributed by atoms with Gasteiger partial charge in [-0.3, -0.25) is 4.79 Å². The first-order valence-corrected chi connectivity index (χ1v) is 10.7. The number of nitrogens with zero attached hydrogens (tertiary/aromatic N) is 2. The van der Waals surface area contributed by atoms with Crippen LogP contribution in [0.4, 0.5) is 0 Å². The number of rotatable bonds is 8. The lowest BCUT2D eigenvalue weighted by Gasteiger charge is -2.31. The molecule has 0 saturated carbocycles. The molecular weight excluding hydrogens is 392 g/mol. The van der Waals surface area contributed by atoms with Crippen LogP contribution in [0.3, 0.4) is 0 Å². The van der Waals surface area contributed by atoms with Crippen molar-refractivity contribution in [1.29, 1.82) is 0 Å². The van der Waals surface area contributed by atoms with Gasteiger partial charge < -0.3 is 9.47 Å². The average Bonchev–Trinajstić information content (AvgIpc) is 3.17. The van der Waals surface area contributed by atoms with E-state index in [4.69, 9.17) is 11.6 Å². The van der Waals surface area contributed by atoms with E-state index in [2.05, 4.69) is 43.7 Å². The Labute approximate surface area is 184 Å². The first-order chi connectivity index (χ1) is 14.4. The number of halogens is 1. The first kappa shape index (κ1) is 21.9. The fraction of sp³-hybridized carbons (Fsp3) is 0.269. The fourth-order valence-corrected chi connectivity index (χ4v) is 3.58. The van der Waals surface area contributed by atoms with E-state index in [1.165, 1.54) is 0 Å². The topological polar surface area (TPSA) is 25.2 Å². The number of carbonyl (C=O) groups excluding carboxylic acids is 1. The molecule has 0 radical (unpaired) electrons. The zero-order chi connectivity index (χ0) is 21.5. The van der Waals surface area contributed by atoms with Crippen molar-refractivity contribution < 1.29 is 4.79 Å². The Morgan fingerprint density at radius 3 is 2.50 bits per heavy atom. The zero-order valence-corrected chi connectivity index (χ0v) is 18.6. The van der Waals surface area contributed by atoms with Gasteiger partial charge in [-0.25, -0.2) is 0 Å². The van der Waals surface area contributed by atoms with Crippen molar-refractivity contribution >= 4 is 23.6 Å². The lowest BCUT2D eigenvalue weighted by molar-refractivity contribution is -0.129. The highest BCUT2D eigenvalue weighted by molar-refractivity contribution is 6.30. The third-order valence-electron chi connectivity index (χ3n) is 5.46. The van der Waals surface area contributed by atoms with Crippen molar-refractivity contribution in [3.8, 4) is 0 Å². The minimum Gasteiger partial charge on any atom is -0.345 e. The molecule has 0 aliphatic heterocycles. The van der Waals surface area contributed by atoms with Gasteiger partial charge >= 0.3 is 0 Å². The third-order valence-corrected chi connectivity index (χ3v) is 5.69. The Morgan fingerprint density at radius 2 is 1.80 bits per heavy atom. The van der Waals surface area contributed by atoms with Gasteiger partial charge in [-0.2, -0.15) is 0 Å². The molecule has 0 unspecified atom stereocenters. The molecule has 1 atom stereocenters. The lowest BCUT2D eigenvalue weighted by atomic mass is 10.0. The fourth-order valence-electron chi connectivity index (χ4n) is 3.36. The smallest absolute Gasteiger partial charge is 0.247 e. The van der Waals surface area contributed by atoms with Gasteiger partial charge in [0.15, 0.2) is 0 Å². The Kier molecular flexibility index (Phi) is 7.53. The van der Waals surface area contributed by atoms with E-state index in [1.54, 1.807) is 6.08 Å². The Morgan fingerprint density at radius 1 is 1.03 bits per heavy atom. The van der Waals surface area contributed by atoms with Gasteiger partial charge in [0.05, 0.1) is 6.54 Å². The van der Waals surface area contributed by atoms with Crippen LogP contribution in [0.15, 0.2) is 79.0 Å². The lowest BCUT2D eigenvalue weighted by Crippen LogP contribution is -2.40. The maximum atomic E-state index is 13.1. The number of hydrogen-bond acceptors (Lipinski definition) is 1. The molecule has 0 saturated heterocycles. The quantitative estimate of drug-likeness (QED) is 0.394. The molecule has 4 heteroatoms. The van der Waals surface area contributed by atoms with Gasteiger partial charge in [0.2, 0.25) is 5.91 Å². The molecule has 0 aliphatic carbocycles. The molecule has 3 rings (SSSR count). The van der Waals surface area contributed by atoms with Crippen LogP contribution in [-0.4, -0.2) is 21.4 Å². The summed E-state index contributed by atoms with van der Waals surface area (Å²) in [5, 5.41) is 0.734. The van der Waals surface area contributed by atoms with Crippen molar-refractivity contribution in [3.05, 3.63) is 101 Å². The molecule has 2 aromatic carbocycles. The molecule has 30 heavy (non-hydrogen) atoms. The summed E-state index contributed by atoms with van der Waals surface area (Å²) in [4.78, 5) is 15.1. The van der Waals surface area contributed by atoms with Crippen LogP contribution >= 0.6 is 11.6 Å². The van der Waals surface area contributed by atoms with Crippen LogP contribution in [0.2, 0.25) is 5.02 Å². The first-order valence-electron chi connectivity index (χ1n) is 10.4. The van der Waals surface area contributed by atoms with Crippen molar-refractivity contribution in [2.24, 2.45) is 5.92 Å². The van der Waals surface area contributed by atoms with E-state index in [0.29, 0.717) is 12.5 Å². The molecule has 0 fully saturated rings. The number of amides is 1. The van der Waals surface area contributed by atoms with Gasteiger partial charge in [-0.15, -0.1) is 0 Å². The van der Waals surface area contributed by atoms with Crippen molar-refractivity contribution in [2.75, 3.05) is 0 Å². The van der Waals surface area contributed by atoms with Gasteiger partial charge in [0, 0.05) is 35.6 Å². The predicted octanol–water partition coefficient (Wildman–Crippen LogP) is 6.28. The molecule has 0 aliphatic rings. The van der Waals surface area contributed by atoms with Crippen molar-refractivity contribution in [1.82, 2.24) is 9.47 Å². The van der Waals surface area contributed by atoms with Gasteiger partial charge in [0.25, 0.3) is 0 Å². The summed E-state index contributed by atoms with van der Waals surface area (Å²) in [5.74, 6) is 0.381. The highest BCUT2D eigenvalue weighted by atomic mass is 35.5. The standard InChI is InChI=1S/C26H29ClN2O/c1-20(2)21(3)29(26(30)15-14-22-9-5-4-6-10-22)19-25-13-8-16-28(25)18-23-11-7-12-24(27)17-23/h4-17,20-21H,18-19H2,1-3H3/b15-14+/t21-/m0/s1. The second-order valence-corrected chi connectivity index (χ2v) is 8.39. The monoisotopic (exact) mass is 420 g/mol. The normalized spacial score (nSPS) is 12.4. The van der Waals surface area contributed by atoms with Crippen LogP contribution in [0.25, 0.3) is 6.08 Å². The van der Waals surface area contributed by atoms with E-state index in [0.717, 1.165) is 28.4 Å². The summed E-state index contributed by atoms with van der Waals surface area (Å²) >= 11 is 6.14. The highest BCUT2D eigenvalue weighted by Crippen LogP contribution is 2.18. The highest BCUT2D eigenvalue weighted by Gasteiger charge is 2.22. The number of carbonyl (C=O) groups is 1. The largest absolute Gasteiger partial charge is 0.345 e. The summed E-state index contributed by atoms with van der Waals surface area (Å²) in [6.07, 6.45) is 5.62. The van der Waals surface area contributed by atoms with Crippen molar-refractivity contribution in [2.45, 2.75) is 39.9 Å². The molecule has 0 bridgehead atoms. The molecule has 156 valence electrons. The summed E-state index contributed by atoms with van der Waals surface area (Å²) in [6, 6.07) is 22.0. The van der Waals surface area contributed by atoms with E-state index in [1.807, 2.05) is 65.6 Å². The van der Waals surface area contributed by atoms with Crippen LogP contribution in [0, 0.1) is 5.92 Å². The third kappa shape index (κ3) is 5.87. The Hall–Kier alpha value is -2.78. The second-order valence-electron chi connectivity index (χ2n) is 7.95. The zero-order valence-electron chi connectivity index (χ0n) is 17.8. The predicted molar refractivity (Wildman–Crippen MR) is 125 cm³/mol. The minimum atomic E-state index is 0.0237. The van der Waals surface area contributed by atoms with Crippen LogP contribution in [-0.2, 0) is 17.9 Å². The summed E-state index contributed by atoms with van der Waals surface area (Å²) in [5.41, 5.74) is 3.26. The van der Waals surface area contributed by atoms with Gasteiger partial charge in [-0.1, -0.05) is 67.9 Å².